The van der Waals surface area contributed by atoms with Crippen LogP contribution in [-0.2, 0) is 4.74 Å². The third-order valence-corrected chi connectivity index (χ3v) is 5.00. The largest absolute Gasteiger partial charge is 0.381 e. The van der Waals surface area contributed by atoms with Gasteiger partial charge in [-0.05, 0) is 58.5 Å². The Hall–Kier alpha value is -0.630. The van der Waals surface area contributed by atoms with Crippen LogP contribution in [0.25, 0.3) is 0 Å². The first kappa shape index (κ1) is 15.8. The minimum Gasteiger partial charge on any atom is -0.381 e. The molecule has 2 unspecified atom stereocenters. The highest BCUT2D eigenvalue weighted by Gasteiger charge is 2.38. The average molecular weight is 279 g/mol. The summed E-state index contributed by atoms with van der Waals surface area (Å²) in [6.07, 6.45) is 7.71. The third-order valence-electron chi connectivity index (χ3n) is 5.00. The van der Waals surface area contributed by atoms with Crippen molar-refractivity contribution in [2.24, 2.45) is 0 Å². The van der Waals surface area contributed by atoms with Gasteiger partial charge in [0, 0.05) is 25.3 Å². The van der Waals surface area contributed by atoms with Crippen LogP contribution in [-0.4, -0.2) is 49.3 Å². The lowest BCUT2D eigenvalue weighted by Gasteiger charge is -2.44. The van der Waals surface area contributed by atoms with Crippen molar-refractivity contribution < 1.29 is 4.74 Å². The summed E-state index contributed by atoms with van der Waals surface area (Å²) >= 11 is 0. The van der Waals surface area contributed by atoms with Crippen molar-refractivity contribution in [2.45, 2.75) is 69.5 Å². The van der Waals surface area contributed by atoms with Crippen LogP contribution in [0.5, 0.6) is 0 Å². The molecule has 0 amide bonds. The van der Waals surface area contributed by atoms with Gasteiger partial charge in [-0.15, -0.1) is 0 Å². The molecule has 20 heavy (non-hydrogen) atoms. The fourth-order valence-corrected chi connectivity index (χ4v) is 3.65. The minimum absolute atomic E-state index is 0.293. The normalized spacial score (nSPS) is 32.2. The van der Waals surface area contributed by atoms with Crippen LogP contribution in [0, 0.1) is 11.3 Å². The van der Waals surface area contributed by atoms with Crippen LogP contribution in [0.4, 0.5) is 0 Å². The highest BCUT2D eigenvalue weighted by atomic mass is 16.5. The lowest BCUT2D eigenvalue weighted by molar-refractivity contribution is 0.0158. The molecule has 0 bridgehead atoms. The van der Waals surface area contributed by atoms with E-state index in [2.05, 4.69) is 30.3 Å². The number of ether oxygens (including phenoxy) is 1. The second-order valence-electron chi connectivity index (χ2n) is 6.38. The standard InChI is InChI=1S/C16H29N3O/c1-3-9-18-16(13-17)8-4-5-15(12-16)19(2)14-6-10-20-11-7-14/h14-15,18H,3-12H2,1-2H3. The first-order valence-corrected chi connectivity index (χ1v) is 8.17. The molecule has 2 atom stereocenters. The molecule has 1 aliphatic heterocycles. The average Bonchev–Trinajstić information content (AvgIpc) is 2.53. The first-order chi connectivity index (χ1) is 9.71. The van der Waals surface area contributed by atoms with Gasteiger partial charge in [-0.25, -0.2) is 0 Å². The number of nitriles is 1. The van der Waals surface area contributed by atoms with Crippen molar-refractivity contribution in [2.75, 3.05) is 26.8 Å². The summed E-state index contributed by atoms with van der Waals surface area (Å²) in [7, 11) is 2.24. The summed E-state index contributed by atoms with van der Waals surface area (Å²) in [6, 6.07) is 3.75. The highest BCUT2D eigenvalue weighted by Crippen LogP contribution is 2.32. The molecule has 0 spiro atoms. The van der Waals surface area contributed by atoms with E-state index >= 15 is 0 Å². The minimum atomic E-state index is -0.293. The molecule has 1 heterocycles. The molecule has 1 N–H and O–H groups in total. The quantitative estimate of drug-likeness (QED) is 0.839. The van der Waals surface area contributed by atoms with Crippen LogP contribution in [0.15, 0.2) is 0 Å². The van der Waals surface area contributed by atoms with Gasteiger partial charge in [-0.2, -0.15) is 5.26 Å². The zero-order chi connectivity index (χ0) is 14.4. The third kappa shape index (κ3) is 3.72. The van der Waals surface area contributed by atoms with Gasteiger partial charge in [-0.3, -0.25) is 5.32 Å². The molecule has 0 aromatic rings. The molecule has 114 valence electrons. The van der Waals surface area contributed by atoms with Gasteiger partial charge in [0.2, 0.25) is 0 Å². The molecular weight excluding hydrogens is 250 g/mol. The predicted molar refractivity (Wildman–Crippen MR) is 80.5 cm³/mol. The predicted octanol–water partition coefficient (Wildman–Crippen LogP) is 2.30. The van der Waals surface area contributed by atoms with E-state index in [1.807, 2.05) is 0 Å². The summed E-state index contributed by atoms with van der Waals surface area (Å²) in [5, 5.41) is 13.1. The fraction of sp³-hybridized carbons (Fsp3) is 0.938. The molecule has 2 fully saturated rings. The summed E-state index contributed by atoms with van der Waals surface area (Å²) in [5.41, 5.74) is -0.293. The Morgan fingerprint density at radius 3 is 2.70 bits per heavy atom. The van der Waals surface area contributed by atoms with E-state index in [4.69, 9.17) is 4.74 Å². The van der Waals surface area contributed by atoms with E-state index in [9.17, 15) is 5.26 Å². The highest BCUT2D eigenvalue weighted by molar-refractivity contribution is 5.11. The monoisotopic (exact) mass is 279 g/mol. The fourth-order valence-electron chi connectivity index (χ4n) is 3.65. The zero-order valence-electron chi connectivity index (χ0n) is 13.0. The van der Waals surface area contributed by atoms with Gasteiger partial charge in [0.05, 0.1) is 6.07 Å². The molecule has 4 heteroatoms. The summed E-state index contributed by atoms with van der Waals surface area (Å²) < 4.78 is 5.46. The van der Waals surface area contributed by atoms with Crippen LogP contribution in [0.3, 0.4) is 0 Å². The van der Waals surface area contributed by atoms with Crippen LogP contribution < -0.4 is 5.32 Å². The molecule has 1 aliphatic carbocycles. The van der Waals surface area contributed by atoms with Gasteiger partial charge in [0.1, 0.15) is 5.54 Å². The van der Waals surface area contributed by atoms with Crippen LogP contribution in [0.2, 0.25) is 0 Å². The second kappa shape index (κ2) is 7.40. The Morgan fingerprint density at radius 2 is 2.05 bits per heavy atom. The molecule has 1 saturated heterocycles. The van der Waals surface area contributed by atoms with Crippen LogP contribution >= 0.6 is 0 Å². The van der Waals surface area contributed by atoms with Crippen molar-refractivity contribution in [3.63, 3.8) is 0 Å². The summed E-state index contributed by atoms with van der Waals surface area (Å²) in [6.45, 7) is 4.88. The smallest absolute Gasteiger partial charge is 0.108 e. The van der Waals surface area contributed by atoms with Crippen molar-refractivity contribution in [1.29, 1.82) is 5.26 Å². The van der Waals surface area contributed by atoms with E-state index < -0.39 is 0 Å². The van der Waals surface area contributed by atoms with Crippen molar-refractivity contribution in [1.82, 2.24) is 10.2 Å². The number of hydrogen-bond donors (Lipinski definition) is 1. The number of nitrogens with zero attached hydrogens (tertiary/aromatic N) is 2. The Labute approximate surface area is 123 Å². The molecule has 0 aromatic carbocycles. The molecule has 2 rings (SSSR count). The van der Waals surface area contributed by atoms with E-state index in [1.165, 1.54) is 6.42 Å². The lowest BCUT2D eigenvalue weighted by Crippen LogP contribution is -2.54. The topological polar surface area (TPSA) is 48.3 Å². The van der Waals surface area contributed by atoms with Gasteiger partial charge in [-0.1, -0.05) is 6.92 Å². The summed E-state index contributed by atoms with van der Waals surface area (Å²) in [4.78, 5) is 2.53. The maximum absolute atomic E-state index is 9.63. The second-order valence-corrected chi connectivity index (χ2v) is 6.38. The van der Waals surface area contributed by atoms with E-state index in [1.54, 1.807) is 0 Å². The Kier molecular flexibility index (Phi) is 5.83. The maximum Gasteiger partial charge on any atom is 0.108 e. The Balaban J connectivity index is 1.96. The number of rotatable bonds is 5. The SMILES string of the molecule is CCCNC1(C#N)CCCC(N(C)C2CCOCC2)C1. The molecule has 4 nitrogen and oxygen atoms in total. The van der Waals surface area contributed by atoms with Gasteiger partial charge < -0.3 is 9.64 Å². The van der Waals surface area contributed by atoms with Gasteiger partial charge in [0.15, 0.2) is 0 Å². The molecular formula is C16H29N3O. The lowest BCUT2D eigenvalue weighted by atomic mass is 9.78. The van der Waals surface area contributed by atoms with Crippen LogP contribution in [0.1, 0.15) is 51.9 Å². The molecule has 0 radical (unpaired) electrons. The van der Waals surface area contributed by atoms with Crippen molar-refractivity contribution in [3.8, 4) is 6.07 Å². The zero-order valence-corrected chi connectivity index (χ0v) is 13.0. The van der Waals surface area contributed by atoms with Crippen molar-refractivity contribution >= 4 is 0 Å². The molecule has 1 saturated carbocycles. The van der Waals surface area contributed by atoms with E-state index in [-0.39, 0.29) is 5.54 Å². The Morgan fingerprint density at radius 1 is 1.30 bits per heavy atom. The molecule has 2 aliphatic rings. The first-order valence-electron chi connectivity index (χ1n) is 8.17. The van der Waals surface area contributed by atoms with Gasteiger partial charge >= 0.3 is 0 Å². The molecule has 0 aromatic heterocycles. The Bertz CT molecular complexity index is 335. The van der Waals surface area contributed by atoms with Gasteiger partial charge in [0.25, 0.3) is 0 Å². The number of hydrogen-bond acceptors (Lipinski definition) is 4. The van der Waals surface area contributed by atoms with E-state index in [0.717, 1.165) is 58.3 Å². The number of nitrogens with one attached hydrogen (secondary N) is 1. The summed E-state index contributed by atoms with van der Waals surface area (Å²) in [5.74, 6) is 0. The maximum atomic E-state index is 9.63. The van der Waals surface area contributed by atoms with Crippen molar-refractivity contribution in [3.05, 3.63) is 0 Å². The van der Waals surface area contributed by atoms with E-state index in [0.29, 0.717) is 12.1 Å².